The standard InChI is InChI=1S/C16H29N3O2/c1-2-10-18-15(21)16(8-4-3-5-9-16)19-14(20)12-13-7-6-11-17-13/h13,17H,2-12H2,1H3,(H,18,21)(H,19,20). The number of amides is 2. The molecule has 0 spiro atoms. The van der Waals surface area contributed by atoms with Gasteiger partial charge in [-0.05, 0) is 38.6 Å². The van der Waals surface area contributed by atoms with Crippen LogP contribution in [0.5, 0.6) is 0 Å². The van der Waals surface area contributed by atoms with Crippen molar-refractivity contribution in [1.82, 2.24) is 16.0 Å². The Kier molecular flexibility index (Phi) is 6.03. The third kappa shape index (κ3) is 4.43. The van der Waals surface area contributed by atoms with E-state index in [1.807, 2.05) is 6.92 Å². The first kappa shape index (κ1) is 16.3. The zero-order chi connectivity index (χ0) is 15.1. The van der Waals surface area contributed by atoms with Gasteiger partial charge in [0, 0.05) is 19.0 Å². The van der Waals surface area contributed by atoms with Gasteiger partial charge in [0.2, 0.25) is 11.8 Å². The van der Waals surface area contributed by atoms with E-state index in [9.17, 15) is 9.59 Å². The van der Waals surface area contributed by atoms with Crippen molar-refractivity contribution in [1.29, 1.82) is 0 Å². The van der Waals surface area contributed by atoms with Gasteiger partial charge in [-0.2, -0.15) is 0 Å². The Balaban J connectivity index is 1.94. The third-order valence-corrected chi connectivity index (χ3v) is 4.65. The second kappa shape index (κ2) is 7.78. The molecule has 2 fully saturated rings. The predicted octanol–water partition coefficient (Wildman–Crippen LogP) is 1.47. The van der Waals surface area contributed by atoms with Gasteiger partial charge in [0.1, 0.15) is 5.54 Å². The van der Waals surface area contributed by atoms with E-state index < -0.39 is 5.54 Å². The molecule has 0 bridgehead atoms. The molecule has 1 unspecified atom stereocenters. The first-order valence-electron chi connectivity index (χ1n) is 8.49. The minimum absolute atomic E-state index is 0.0109. The van der Waals surface area contributed by atoms with Crippen LogP contribution in [-0.2, 0) is 9.59 Å². The van der Waals surface area contributed by atoms with E-state index in [1.165, 1.54) is 0 Å². The lowest BCUT2D eigenvalue weighted by atomic mass is 9.80. The molecule has 2 amide bonds. The highest BCUT2D eigenvalue weighted by atomic mass is 16.2. The fourth-order valence-corrected chi connectivity index (χ4v) is 3.44. The first-order valence-corrected chi connectivity index (χ1v) is 8.49. The molecule has 1 saturated heterocycles. The van der Waals surface area contributed by atoms with Gasteiger partial charge < -0.3 is 16.0 Å². The van der Waals surface area contributed by atoms with E-state index in [4.69, 9.17) is 0 Å². The molecule has 0 aromatic heterocycles. The lowest BCUT2D eigenvalue weighted by Crippen LogP contribution is -2.60. The SMILES string of the molecule is CCCNC(=O)C1(NC(=O)CC2CCCN2)CCCCC1. The highest BCUT2D eigenvalue weighted by Gasteiger charge is 2.40. The van der Waals surface area contributed by atoms with Crippen LogP contribution in [0.2, 0.25) is 0 Å². The second-order valence-corrected chi connectivity index (χ2v) is 6.44. The molecule has 21 heavy (non-hydrogen) atoms. The van der Waals surface area contributed by atoms with Crippen LogP contribution in [0.4, 0.5) is 0 Å². The smallest absolute Gasteiger partial charge is 0.245 e. The Bertz CT molecular complexity index is 359. The van der Waals surface area contributed by atoms with E-state index in [2.05, 4.69) is 16.0 Å². The van der Waals surface area contributed by atoms with E-state index >= 15 is 0 Å². The topological polar surface area (TPSA) is 70.2 Å². The average Bonchev–Trinajstić information content (AvgIpc) is 2.98. The Morgan fingerprint density at radius 1 is 1.19 bits per heavy atom. The lowest BCUT2D eigenvalue weighted by Gasteiger charge is -2.37. The van der Waals surface area contributed by atoms with Crippen LogP contribution in [0.15, 0.2) is 0 Å². The maximum Gasteiger partial charge on any atom is 0.245 e. The van der Waals surface area contributed by atoms with Crippen LogP contribution < -0.4 is 16.0 Å². The Morgan fingerprint density at radius 2 is 1.95 bits per heavy atom. The summed E-state index contributed by atoms with van der Waals surface area (Å²) in [6.07, 6.45) is 8.33. The molecule has 0 aromatic rings. The van der Waals surface area contributed by atoms with Crippen molar-refractivity contribution < 1.29 is 9.59 Å². The molecule has 1 aliphatic heterocycles. The molecule has 1 saturated carbocycles. The summed E-state index contributed by atoms with van der Waals surface area (Å²) in [4.78, 5) is 24.8. The molecule has 120 valence electrons. The van der Waals surface area contributed by atoms with Gasteiger partial charge in [-0.1, -0.05) is 26.2 Å². The Morgan fingerprint density at radius 3 is 2.57 bits per heavy atom. The molecule has 1 atom stereocenters. The van der Waals surface area contributed by atoms with Crippen LogP contribution in [0.1, 0.15) is 64.7 Å². The maximum atomic E-state index is 12.5. The van der Waals surface area contributed by atoms with Crippen molar-refractivity contribution in [2.24, 2.45) is 0 Å². The Labute approximate surface area is 127 Å². The quantitative estimate of drug-likeness (QED) is 0.695. The van der Waals surface area contributed by atoms with E-state index in [0.717, 1.165) is 57.9 Å². The number of nitrogens with one attached hydrogen (secondary N) is 3. The summed E-state index contributed by atoms with van der Waals surface area (Å²) in [6, 6.07) is 0.282. The monoisotopic (exact) mass is 295 g/mol. The van der Waals surface area contributed by atoms with Crippen LogP contribution in [0, 0.1) is 0 Å². The number of hydrogen-bond donors (Lipinski definition) is 3. The fourth-order valence-electron chi connectivity index (χ4n) is 3.44. The van der Waals surface area contributed by atoms with Crippen molar-refractivity contribution in [3.63, 3.8) is 0 Å². The normalized spacial score (nSPS) is 24.5. The van der Waals surface area contributed by atoms with E-state index in [0.29, 0.717) is 13.0 Å². The molecule has 2 rings (SSSR count). The molecule has 5 heteroatoms. The average molecular weight is 295 g/mol. The van der Waals surface area contributed by atoms with Crippen molar-refractivity contribution in [2.45, 2.75) is 76.3 Å². The molecule has 1 heterocycles. The Hall–Kier alpha value is -1.10. The van der Waals surface area contributed by atoms with Crippen LogP contribution in [-0.4, -0.2) is 36.5 Å². The van der Waals surface area contributed by atoms with Gasteiger partial charge in [0.15, 0.2) is 0 Å². The molecule has 0 radical (unpaired) electrons. The largest absolute Gasteiger partial charge is 0.354 e. The van der Waals surface area contributed by atoms with Gasteiger partial charge in [0.05, 0.1) is 0 Å². The third-order valence-electron chi connectivity index (χ3n) is 4.65. The summed E-state index contributed by atoms with van der Waals surface area (Å²) < 4.78 is 0. The molecule has 1 aliphatic carbocycles. The minimum atomic E-state index is -0.664. The van der Waals surface area contributed by atoms with E-state index in [-0.39, 0.29) is 17.9 Å². The molecule has 5 nitrogen and oxygen atoms in total. The molecule has 2 aliphatic rings. The van der Waals surface area contributed by atoms with Crippen LogP contribution in [0.25, 0.3) is 0 Å². The summed E-state index contributed by atoms with van der Waals surface area (Å²) in [5.74, 6) is 0.0275. The van der Waals surface area contributed by atoms with Crippen molar-refractivity contribution in [3.8, 4) is 0 Å². The predicted molar refractivity (Wildman–Crippen MR) is 82.9 cm³/mol. The summed E-state index contributed by atoms with van der Waals surface area (Å²) in [5, 5.41) is 9.39. The van der Waals surface area contributed by atoms with Crippen molar-refractivity contribution >= 4 is 11.8 Å². The van der Waals surface area contributed by atoms with Crippen LogP contribution in [0.3, 0.4) is 0 Å². The zero-order valence-electron chi connectivity index (χ0n) is 13.2. The highest BCUT2D eigenvalue weighted by Crippen LogP contribution is 2.29. The number of rotatable bonds is 6. The first-order chi connectivity index (χ1) is 10.2. The highest BCUT2D eigenvalue weighted by molar-refractivity contribution is 5.91. The molecule has 3 N–H and O–H groups in total. The number of hydrogen-bond acceptors (Lipinski definition) is 3. The summed E-state index contributed by atoms with van der Waals surface area (Å²) in [6.45, 7) is 3.72. The molecular weight excluding hydrogens is 266 g/mol. The maximum absolute atomic E-state index is 12.5. The van der Waals surface area contributed by atoms with E-state index in [1.54, 1.807) is 0 Å². The van der Waals surface area contributed by atoms with Gasteiger partial charge in [-0.15, -0.1) is 0 Å². The summed E-state index contributed by atoms with van der Waals surface area (Å²) >= 11 is 0. The van der Waals surface area contributed by atoms with Gasteiger partial charge in [0.25, 0.3) is 0 Å². The number of carbonyl (C=O) groups excluding carboxylic acids is 2. The summed E-state index contributed by atoms with van der Waals surface area (Å²) in [5.41, 5.74) is -0.664. The minimum Gasteiger partial charge on any atom is -0.354 e. The summed E-state index contributed by atoms with van der Waals surface area (Å²) in [7, 11) is 0. The van der Waals surface area contributed by atoms with Crippen molar-refractivity contribution in [3.05, 3.63) is 0 Å². The van der Waals surface area contributed by atoms with Gasteiger partial charge in [-0.3, -0.25) is 9.59 Å². The van der Waals surface area contributed by atoms with Crippen LogP contribution >= 0.6 is 0 Å². The van der Waals surface area contributed by atoms with Gasteiger partial charge >= 0.3 is 0 Å². The van der Waals surface area contributed by atoms with Gasteiger partial charge in [-0.25, -0.2) is 0 Å². The molecular formula is C16H29N3O2. The fraction of sp³-hybridized carbons (Fsp3) is 0.875. The number of carbonyl (C=O) groups is 2. The zero-order valence-corrected chi connectivity index (χ0v) is 13.2. The lowest BCUT2D eigenvalue weighted by molar-refractivity contribution is -0.135. The molecule has 0 aromatic carbocycles. The second-order valence-electron chi connectivity index (χ2n) is 6.44. The van der Waals surface area contributed by atoms with Crippen molar-refractivity contribution in [2.75, 3.05) is 13.1 Å².